The van der Waals surface area contributed by atoms with Gasteiger partial charge in [-0.2, -0.15) is 0 Å². The summed E-state index contributed by atoms with van der Waals surface area (Å²) in [5.74, 6) is 0. The van der Waals surface area contributed by atoms with Crippen molar-refractivity contribution < 1.29 is 14.0 Å². The molecule has 0 aliphatic rings. The molecule has 5 unspecified atom stereocenters. The Morgan fingerprint density at radius 3 is 1.94 bits per heavy atom. The van der Waals surface area contributed by atoms with E-state index in [0.29, 0.717) is 19.3 Å². The predicted molar refractivity (Wildman–Crippen MR) is 158 cm³/mol. The van der Waals surface area contributed by atoms with Crippen LogP contribution in [0.4, 0.5) is 0 Å². The van der Waals surface area contributed by atoms with E-state index in [4.69, 9.17) is 8.85 Å². The van der Waals surface area contributed by atoms with Crippen LogP contribution in [0, 0.1) is 0 Å². The Morgan fingerprint density at radius 2 is 1.54 bits per heavy atom. The molecule has 1 aromatic rings. The zero-order chi connectivity index (χ0) is 27.0. The van der Waals surface area contributed by atoms with Crippen LogP contribution in [0.15, 0.2) is 55.3 Å². The first-order valence-electron chi connectivity index (χ1n) is 13.8. The van der Waals surface area contributed by atoms with Crippen molar-refractivity contribution in [2.45, 2.75) is 128 Å². The minimum absolute atomic E-state index is 0.203. The first kappa shape index (κ1) is 32.0. The van der Waals surface area contributed by atoms with E-state index in [9.17, 15) is 5.11 Å². The van der Waals surface area contributed by atoms with Crippen LogP contribution in [-0.2, 0) is 8.85 Å². The van der Waals surface area contributed by atoms with E-state index in [1.54, 1.807) is 0 Å². The van der Waals surface area contributed by atoms with E-state index in [1.165, 1.54) is 0 Å². The van der Waals surface area contributed by atoms with E-state index >= 15 is 0 Å². The van der Waals surface area contributed by atoms with Crippen molar-refractivity contribution in [3.05, 3.63) is 55.3 Å². The van der Waals surface area contributed by atoms with Crippen LogP contribution in [-0.4, -0.2) is 38.7 Å². The Bertz CT molecular complexity index is 798. The van der Waals surface area contributed by atoms with Crippen LogP contribution in [0.2, 0.25) is 18.1 Å². The molecule has 5 heteroatoms. The first-order chi connectivity index (χ1) is 16.4. The summed E-state index contributed by atoms with van der Waals surface area (Å²) in [6.45, 7) is 28.4. The SMILES string of the molecule is C=CCC(C)(O[Si](C)(c1ccccc1)C(O)(CC)CCC)C(C)(CC)[Si](C)(C=C)OC(CC)CC. The molecule has 0 fully saturated rings. The highest BCUT2D eigenvalue weighted by molar-refractivity contribution is 6.88. The summed E-state index contributed by atoms with van der Waals surface area (Å²) in [6.07, 6.45) is 8.00. The Kier molecular flexibility index (Phi) is 11.9. The van der Waals surface area contributed by atoms with Crippen LogP contribution in [0.25, 0.3) is 0 Å². The van der Waals surface area contributed by atoms with Crippen molar-refractivity contribution >= 4 is 21.8 Å². The van der Waals surface area contributed by atoms with Gasteiger partial charge in [-0.3, -0.25) is 0 Å². The van der Waals surface area contributed by atoms with Gasteiger partial charge in [-0.25, -0.2) is 0 Å². The summed E-state index contributed by atoms with van der Waals surface area (Å²) in [7, 11) is -5.42. The summed E-state index contributed by atoms with van der Waals surface area (Å²) in [6, 6.07) is 10.5. The number of rotatable bonds is 17. The zero-order valence-corrected chi connectivity index (χ0v) is 26.2. The maximum absolute atomic E-state index is 12.2. The Balaban J connectivity index is 3.85. The highest BCUT2D eigenvalue weighted by Gasteiger charge is 2.62. The standard InChI is InChI=1S/C30H54O3Si2/c1-12-24-28(8,29(9,16-5)34(10,18-7)32-26(14-3)15-4)33-35(11,27-22-20-19-21-23-27)30(31,17-6)25-13-2/h12,18-23,26,31H,1,7,13-17,24-25H2,2-6,8-11H3. The third kappa shape index (κ3) is 6.12. The highest BCUT2D eigenvalue weighted by atomic mass is 28.4. The lowest BCUT2D eigenvalue weighted by Gasteiger charge is -2.58. The monoisotopic (exact) mass is 518 g/mol. The Labute approximate surface area is 219 Å². The molecule has 0 heterocycles. The smallest absolute Gasteiger partial charge is 0.252 e. The van der Waals surface area contributed by atoms with Gasteiger partial charge in [-0.05, 0) is 63.7 Å². The quantitative estimate of drug-likeness (QED) is 0.168. The van der Waals surface area contributed by atoms with Gasteiger partial charge in [0.1, 0.15) is 0 Å². The molecule has 0 amide bonds. The third-order valence-electron chi connectivity index (χ3n) is 9.11. The molecule has 0 aromatic heterocycles. The van der Waals surface area contributed by atoms with Crippen molar-refractivity contribution in [2.24, 2.45) is 0 Å². The summed E-state index contributed by atoms with van der Waals surface area (Å²) in [5, 5.41) is 12.2. The molecule has 1 aromatic carbocycles. The summed E-state index contributed by atoms with van der Waals surface area (Å²) in [4.78, 5) is 0. The van der Waals surface area contributed by atoms with E-state index in [0.717, 1.165) is 30.9 Å². The number of aliphatic hydroxyl groups is 1. The molecule has 35 heavy (non-hydrogen) atoms. The van der Waals surface area contributed by atoms with Gasteiger partial charge in [0, 0.05) is 11.1 Å². The van der Waals surface area contributed by atoms with Gasteiger partial charge < -0.3 is 14.0 Å². The van der Waals surface area contributed by atoms with Gasteiger partial charge in [-0.15, -0.1) is 13.2 Å². The molecule has 0 bridgehead atoms. The molecule has 0 aliphatic heterocycles. The van der Waals surface area contributed by atoms with Gasteiger partial charge in [0.2, 0.25) is 8.32 Å². The van der Waals surface area contributed by atoms with Gasteiger partial charge in [0.25, 0.3) is 8.32 Å². The molecule has 0 saturated heterocycles. The molecule has 5 atom stereocenters. The molecule has 0 saturated carbocycles. The zero-order valence-electron chi connectivity index (χ0n) is 24.2. The fourth-order valence-electron chi connectivity index (χ4n) is 5.91. The second-order valence-corrected chi connectivity index (χ2v) is 18.7. The first-order valence-corrected chi connectivity index (χ1v) is 18.7. The van der Waals surface area contributed by atoms with Crippen molar-refractivity contribution in [3.8, 4) is 0 Å². The molecule has 0 radical (unpaired) electrons. The summed E-state index contributed by atoms with van der Waals surface area (Å²) < 4.78 is 14.5. The van der Waals surface area contributed by atoms with Crippen LogP contribution in [0.3, 0.4) is 0 Å². The molecule has 0 aliphatic carbocycles. The highest BCUT2D eigenvalue weighted by Crippen LogP contribution is 2.56. The van der Waals surface area contributed by atoms with Crippen molar-refractivity contribution in [1.82, 2.24) is 0 Å². The maximum atomic E-state index is 12.2. The van der Waals surface area contributed by atoms with Crippen LogP contribution >= 0.6 is 0 Å². The molecule has 1 N–H and O–H groups in total. The lowest BCUT2D eigenvalue weighted by Crippen LogP contribution is -2.71. The maximum Gasteiger partial charge on any atom is 0.252 e. The van der Waals surface area contributed by atoms with Gasteiger partial charge in [0.05, 0.1) is 10.8 Å². The normalized spacial score (nSPS) is 20.7. The van der Waals surface area contributed by atoms with E-state index in [2.05, 4.69) is 105 Å². The van der Waals surface area contributed by atoms with Crippen molar-refractivity contribution in [2.75, 3.05) is 0 Å². The largest absolute Gasteiger partial charge is 0.410 e. The van der Waals surface area contributed by atoms with E-state index in [-0.39, 0.29) is 11.1 Å². The summed E-state index contributed by atoms with van der Waals surface area (Å²) in [5.41, 5.74) is 1.53. The molecule has 200 valence electrons. The predicted octanol–water partition coefficient (Wildman–Crippen LogP) is 7.98. The summed E-state index contributed by atoms with van der Waals surface area (Å²) >= 11 is 0. The minimum atomic E-state index is -2.91. The molecule has 0 spiro atoms. The van der Waals surface area contributed by atoms with Crippen LogP contribution in [0.5, 0.6) is 0 Å². The molecule has 1 rings (SSSR count). The fourth-order valence-corrected chi connectivity index (χ4v) is 14.0. The van der Waals surface area contributed by atoms with Gasteiger partial charge in [0.15, 0.2) is 0 Å². The lowest BCUT2D eigenvalue weighted by atomic mass is 9.84. The second-order valence-electron chi connectivity index (χ2n) is 10.9. The molecular weight excluding hydrogens is 464 g/mol. The van der Waals surface area contributed by atoms with E-state index in [1.807, 2.05) is 12.1 Å². The van der Waals surface area contributed by atoms with Crippen LogP contribution < -0.4 is 5.19 Å². The Morgan fingerprint density at radius 1 is 0.971 bits per heavy atom. The number of benzene rings is 1. The second kappa shape index (κ2) is 13.0. The number of hydrogen-bond acceptors (Lipinski definition) is 3. The van der Waals surface area contributed by atoms with Crippen LogP contribution in [0.1, 0.15) is 93.4 Å². The molecule has 3 nitrogen and oxygen atoms in total. The minimum Gasteiger partial charge on any atom is -0.410 e. The van der Waals surface area contributed by atoms with Gasteiger partial charge in [-0.1, -0.05) is 90.1 Å². The van der Waals surface area contributed by atoms with Crippen molar-refractivity contribution in [1.29, 1.82) is 0 Å². The van der Waals surface area contributed by atoms with Crippen molar-refractivity contribution in [3.63, 3.8) is 0 Å². The number of hydrogen-bond donors (Lipinski definition) is 1. The lowest BCUT2D eigenvalue weighted by molar-refractivity contribution is -0.0116. The Hall–Kier alpha value is -0.986. The fraction of sp³-hybridized carbons (Fsp3) is 0.667. The third-order valence-corrected chi connectivity index (χ3v) is 18.5. The van der Waals surface area contributed by atoms with Gasteiger partial charge >= 0.3 is 0 Å². The van der Waals surface area contributed by atoms with E-state index < -0.39 is 27.5 Å². The topological polar surface area (TPSA) is 38.7 Å². The average molecular weight is 519 g/mol. The average Bonchev–Trinajstić information content (AvgIpc) is 2.86. The molecular formula is C30H54O3Si2.